The van der Waals surface area contributed by atoms with Gasteiger partial charge in [-0.05, 0) is 54.2 Å². The fourth-order valence-electron chi connectivity index (χ4n) is 4.11. The standard InChI is InChI=1S/C28H28N2O4/c1-4-8-25(31)34-26(24-16-11-18(3)27-29-21(5-2)17-30(24)27)20-14-12-19(13-15-20)22-9-6-7-10-23(22)28(32)33/h6-7,9-17,26H,4-5,8H2,1-3H3,(H,32,33). The van der Waals surface area contributed by atoms with Crippen LogP contribution in [0.2, 0.25) is 0 Å². The van der Waals surface area contributed by atoms with Crippen molar-refractivity contribution in [3.05, 3.63) is 94.9 Å². The Morgan fingerprint density at radius 1 is 1.03 bits per heavy atom. The maximum Gasteiger partial charge on any atom is 0.336 e. The number of hydrogen-bond donors (Lipinski definition) is 1. The molecular formula is C28H28N2O4. The topological polar surface area (TPSA) is 80.9 Å². The number of pyridine rings is 1. The van der Waals surface area contributed by atoms with E-state index in [9.17, 15) is 14.7 Å². The van der Waals surface area contributed by atoms with E-state index >= 15 is 0 Å². The van der Waals surface area contributed by atoms with E-state index in [-0.39, 0.29) is 11.5 Å². The van der Waals surface area contributed by atoms with E-state index in [1.165, 1.54) is 0 Å². The highest BCUT2D eigenvalue weighted by molar-refractivity contribution is 5.96. The summed E-state index contributed by atoms with van der Waals surface area (Å²) in [5.74, 6) is -1.24. The monoisotopic (exact) mass is 456 g/mol. The second kappa shape index (κ2) is 9.91. The predicted molar refractivity (Wildman–Crippen MR) is 131 cm³/mol. The van der Waals surface area contributed by atoms with Crippen LogP contribution in [0.5, 0.6) is 0 Å². The van der Waals surface area contributed by atoms with Crippen LogP contribution in [0.15, 0.2) is 66.9 Å². The molecule has 4 aromatic rings. The molecule has 0 saturated heterocycles. The summed E-state index contributed by atoms with van der Waals surface area (Å²) in [6.45, 7) is 6.01. The molecule has 6 heteroatoms. The van der Waals surface area contributed by atoms with Gasteiger partial charge in [0.25, 0.3) is 0 Å². The van der Waals surface area contributed by atoms with Crippen LogP contribution in [0.1, 0.15) is 65.7 Å². The summed E-state index contributed by atoms with van der Waals surface area (Å²) in [7, 11) is 0. The lowest BCUT2D eigenvalue weighted by atomic mass is 9.96. The van der Waals surface area contributed by atoms with Gasteiger partial charge in [0, 0.05) is 12.6 Å². The normalized spacial score (nSPS) is 12.0. The first-order valence-electron chi connectivity index (χ1n) is 11.5. The molecule has 0 aliphatic rings. The number of esters is 1. The molecule has 0 aliphatic carbocycles. The van der Waals surface area contributed by atoms with Gasteiger partial charge in [-0.15, -0.1) is 0 Å². The second-order valence-corrected chi connectivity index (χ2v) is 8.31. The van der Waals surface area contributed by atoms with E-state index in [1.807, 2.05) is 66.9 Å². The number of ether oxygens (including phenoxy) is 1. The molecule has 2 aromatic heterocycles. The molecule has 1 unspecified atom stereocenters. The zero-order valence-corrected chi connectivity index (χ0v) is 19.6. The molecule has 0 bridgehead atoms. The molecule has 1 N–H and O–H groups in total. The number of aryl methyl sites for hydroxylation is 2. The average Bonchev–Trinajstić information content (AvgIpc) is 3.29. The lowest BCUT2D eigenvalue weighted by Gasteiger charge is -2.21. The van der Waals surface area contributed by atoms with E-state index in [4.69, 9.17) is 9.72 Å². The van der Waals surface area contributed by atoms with Crippen LogP contribution in [-0.2, 0) is 16.0 Å². The third-order valence-corrected chi connectivity index (χ3v) is 5.91. The van der Waals surface area contributed by atoms with Gasteiger partial charge >= 0.3 is 11.9 Å². The number of carboxylic acids is 1. The van der Waals surface area contributed by atoms with Crippen LogP contribution in [0, 0.1) is 6.92 Å². The molecule has 0 aliphatic heterocycles. The molecule has 174 valence electrons. The number of fused-ring (bicyclic) bond motifs is 1. The number of carbonyl (C=O) groups excluding carboxylic acids is 1. The summed E-state index contributed by atoms with van der Waals surface area (Å²) in [6, 6.07) is 18.4. The van der Waals surface area contributed by atoms with Gasteiger partial charge in [0.1, 0.15) is 5.65 Å². The van der Waals surface area contributed by atoms with E-state index in [1.54, 1.807) is 18.2 Å². The van der Waals surface area contributed by atoms with E-state index in [0.29, 0.717) is 18.4 Å². The Bertz CT molecular complexity index is 1340. The van der Waals surface area contributed by atoms with Gasteiger partial charge in [0.05, 0.1) is 17.0 Å². The fourth-order valence-corrected chi connectivity index (χ4v) is 4.11. The van der Waals surface area contributed by atoms with Crippen LogP contribution < -0.4 is 0 Å². The van der Waals surface area contributed by atoms with Gasteiger partial charge in [-0.25, -0.2) is 9.78 Å². The molecule has 0 fully saturated rings. The molecule has 1 atom stereocenters. The van der Waals surface area contributed by atoms with Crippen LogP contribution in [0.4, 0.5) is 0 Å². The lowest BCUT2D eigenvalue weighted by Crippen LogP contribution is -2.15. The average molecular weight is 457 g/mol. The van der Waals surface area contributed by atoms with Crippen LogP contribution in [0.3, 0.4) is 0 Å². The molecule has 0 spiro atoms. The molecule has 4 rings (SSSR count). The number of hydrogen-bond acceptors (Lipinski definition) is 4. The van der Waals surface area contributed by atoms with Crippen molar-refractivity contribution < 1.29 is 19.4 Å². The van der Waals surface area contributed by atoms with Crippen molar-refractivity contribution in [2.75, 3.05) is 0 Å². The van der Waals surface area contributed by atoms with E-state index in [0.717, 1.165) is 40.1 Å². The summed E-state index contributed by atoms with van der Waals surface area (Å²) < 4.78 is 7.99. The molecule has 34 heavy (non-hydrogen) atoms. The Balaban J connectivity index is 1.80. The Morgan fingerprint density at radius 2 is 1.76 bits per heavy atom. The third-order valence-electron chi connectivity index (χ3n) is 5.91. The Morgan fingerprint density at radius 3 is 2.44 bits per heavy atom. The van der Waals surface area contributed by atoms with Crippen molar-refractivity contribution in [1.29, 1.82) is 0 Å². The molecular weight excluding hydrogens is 428 g/mol. The number of imidazole rings is 1. The van der Waals surface area contributed by atoms with Gasteiger partial charge in [0.2, 0.25) is 0 Å². The van der Waals surface area contributed by atoms with Gasteiger partial charge < -0.3 is 9.84 Å². The largest absolute Gasteiger partial charge is 0.478 e. The minimum atomic E-state index is -0.972. The molecule has 0 saturated carbocycles. The number of rotatable bonds is 8. The maximum absolute atomic E-state index is 12.6. The summed E-state index contributed by atoms with van der Waals surface area (Å²) >= 11 is 0. The smallest absolute Gasteiger partial charge is 0.336 e. The minimum Gasteiger partial charge on any atom is -0.478 e. The van der Waals surface area contributed by atoms with Gasteiger partial charge in [0.15, 0.2) is 6.10 Å². The van der Waals surface area contributed by atoms with E-state index in [2.05, 4.69) is 6.92 Å². The number of nitrogens with zero attached hydrogens (tertiary/aromatic N) is 2. The van der Waals surface area contributed by atoms with Crippen LogP contribution >= 0.6 is 0 Å². The third kappa shape index (κ3) is 4.57. The number of aromatic carboxylic acids is 1. The predicted octanol–water partition coefficient (Wildman–Crippen LogP) is 6.00. The van der Waals surface area contributed by atoms with Crippen molar-refractivity contribution >= 4 is 17.6 Å². The molecule has 0 radical (unpaired) electrons. The molecule has 6 nitrogen and oxygen atoms in total. The van der Waals surface area contributed by atoms with Gasteiger partial charge in [-0.3, -0.25) is 9.20 Å². The molecule has 2 heterocycles. The zero-order chi connectivity index (χ0) is 24.2. The Hall–Kier alpha value is -3.93. The quantitative estimate of drug-likeness (QED) is 0.329. The summed E-state index contributed by atoms with van der Waals surface area (Å²) in [5.41, 5.74) is 6.14. The second-order valence-electron chi connectivity index (χ2n) is 8.31. The Labute approximate surface area is 198 Å². The summed E-state index contributed by atoms with van der Waals surface area (Å²) in [6.07, 6.45) is 3.21. The van der Waals surface area contributed by atoms with Crippen LogP contribution in [0.25, 0.3) is 16.8 Å². The number of aromatic nitrogens is 2. The Kier molecular flexibility index (Phi) is 6.77. The summed E-state index contributed by atoms with van der Waals surface area (Å²) in [4.78, 5) is 28.9. The number of carbonyl (C=O) groups is 2. The van der Waals surface area contributed by atoms with Crippen molar-refractivity contribution in [3.8, 4) is 11.1 Å². The summed E-state index contributed by atoms with van der Waals surface area (Å²) in [5, 5.41) is 9.55. The lowest BCUT2D eigenvalue weighted by molar-refractivity contribution is -0.147. The molecule has 0 amide bonds. The highest BCUT2D eigenvalue weighted by Crippen LogP contribution is 2.31. The van der Waals surface area contributed by atoms with Crippen molar-refractivity contribution in [2.24, 2.45) is 0 Å². The minimum absolute atomic E-state index is 0.243. The highest BCUT2D eigenvalue weighted by atomic mass is 16.5. The first-order valence-corrected chi connectivity index (χ1v) is 11.5. The van der Waals surface area contributed by atoms with Crippen molar-refractivity contribution in [2.45, 2.75) is 46.1 Å². The van der Waals surface area contributed by atoms with Gasteiger partial charge in [-0.2, -0.15) is 0 Å². The highest BCUT2D eigenvalue weighted by Gasteiger charge is 2.23. The first kappa shape index (κ1) is 23.2. The fraction of sp³-hybridized carbons (Fsp3) is 0.250. The first-order chi connectivity index (χ1) is 16.4. The van der Waals surface area contributed by atoms with Crippen molar-refractivity contribution in [3.63, 3.8) is 0 Å². The SMILES string of the molecule is CCCC(=O)OC(c1ccc(-c2ccccc2C(=O)O)cc1)c1ccc(C)c2nc(CC)cn12. The molecule has 2 aromatic carbocycles. The van der Waals surface area contributed by atoms with Crippen LogP contribution in [-0.4, -0.2) is 26.4 Å². The maximum atomic E-state index is 12.6. The number of benzene rings is 2. The van der Waals surface area contributed by atoms with Crippen molar-refractivity contribution in [1.82, 2.24) is 9.38 Å². The number of carboxylic acid groups (broad SMARTS) is 1. The van der Waals surface area contributed by atoms with Gasteiger partial charge in [-0.1, -0.05) is 62.4 Å². The van der Waals surface area contributed by atoms with E-state index < -0.39 is 12.1 Å². The zero-order valence-electron chi connectivity index (χ0n) is 19.6.